The van der Waals surface area contributed by atoms with Crippen molar-refractivity contribution in [3.05, 3.63) is 47.6 Å². The summed E-state index contributed by atoms with van der Waals surface area (Å²) in [5.74, 6) is 3.33. The predicted molar refractivity (Wildman–Crippen MR) is 298 cm³/mol. The number of Topliss-reactive ketones (excluding diaryl/α,β-unsaturated/α-hetero) is 2. The Morgan fingerprint density at radius 2 is 1.04 bits per heavy atom. The Balaban J connectivity index is 0.000000207. The predicted octanol–water partition coefficient (Wildman–Crippen LogP) is 13.3. The number of ether oxygens (including phenoxy) is 1. The van der Waals surface area contributed by atoms with Crippen molar-refractivity contribution < 1.29 is 82.0 Å². The number of aliphatic hydroxyl groups excluding tert-OH is 1. The number of rotatable bonds is 18. The Kier molecular flexibility index (Phi) is 20.4. The van der Waals surface area contributed by atoms with Gasteiger partial charge in [0.1, 0.15) is 17.9 Å². The Hall–Kier alpha value is -2.44. The molecule has 0 heterocycles. The van der Waals surface area contributed by atoms with Crippen LogP contribution in [0.3, 0.4) is 0 Å². The molecule has 0 aliphatic heterocycles. The number of ketones is 4. The van der Waals surface area contributed by atoms with Crippen LogP contribution in [-0.2, 0) is 65.4 Å². The van der Waals surface area contributed by atoms with Crippen molar-refractivity contribution in [1.29, 1.82) is 0 Å². The minimum Gasteiger partial charge on any atom is -0.393 e. The van der Waals surface area contributed by atoms with E-state index >= 15 is 0 Å². The lowest BCUT2D eigenvalue weighted by atomic mass is 9.44. The highest BCUT2D eigenvalue weighted by Crippen LogP contribution is 2.73. The second kappa shape index (κ2) is 24.5. The van der Waals surface area contributed by atoms with E-state index in [0.717, 1.165) is 38.5 Å². The van der Waals surface area contributed by atoms with Gasteiger partial charge in [0.2, 0.25) is 0 Å². The average molecular weight is 1190 g/mol. The molecule has 6 saturated carbocycles. The lowest BCUT2D eigenvalue weighted by Gasteiger charge is -2.61. The summed E-state index contributed by atoms with van der Waals surface area (Å²) in [7, 11) is -13.2. The van der Waals surface area contributed by atoms with Gasteiger partial charge in [0.15, 0.2) is 17.9 Å². The summed E-state index contributed by atoms with van der Waals surface area (Å²) in [6.07, 6.45) is 17.5. The van der Waals surface area contributed by atoms with E-state index in [-0.39, 0.29) is 95.3 Å². The van der Waals surface area contributed by atoms with E-state index in [9.17, 15) is 55.0 Å². The van der Waals surface area contributed by atoms with Crippen LogP contribution in [0.2, 0.25) is 0 Å². The lowest BCUT2D eigenvalue weighted by molar-refractivity contribution is -0.163. The van der Waals surface area contributed by atoms with Gasteiger partial charge in [-0.3, -0.25) is 32.5 Å². The molecule has 0 aromatic rings. The van der Waals surface area contributed by atoms with Crippen molar-refractivity contribution in [3.8, 4) is 0 Å². The van der Waals surface area contributed by atoms with Gasteiger partial charge in [0.05, 0.1) is 38.6 Å². The van der Waals surface area contributed by atoms with Crippen LogP contribution in [0.25, 0.3) is 0 Å². The molecule has 0 bridgehead atoms. The molecule has 8 aliphatic carbocycles. The van der Waals surface area contributed by atoms with Gasteiger partial charge in [0.25, 0.3) is 0 Å². The number of hydrogen-bond acceptors (Lipinski definition) is 15. The second-order valence-corrected chi connectivity index (χ2v) is 30.6. The average Bonchev–Trinajstić information content (AvgIpc) is 3.84. The maximum atomic E-state index is 13.5. The third kappa shape index (κ3) is 11.7. The maximum Gasteiger partial charge on any atom is 0.523 e. The fourth-order valence-electron chi connectivity index (χ4n) is 17.2. The molecule has 0 amide bonds. The quantitative estimate of drug-likeness (QED) is 0.0768. The van der Waals surface area contributed by atoms with Crippen LogP contribution in [0.5, 0.6) is 0 Å². The summed E-state index contributed by atoms with van der Waals surface area (Å²) in [4.78, 5) is 50.7. The number of aliphatic hydroxyl groups is 1. The summed E-state index contributed by atoms with van der Waals surface area (Å²) < 4.78 is 112. The van der Waals surface area contributed by atoms with Gasteiger partial charge in [-0.1, -0.05) is 92.5 Å². The number of hydrogen-bond donors (Lipinski definition) is 1. The van der Waals surface area contributed by atoms with Crippen LogP contribution in [0.4, 0.5) is 13.2 Å². The third-order valence-electron chi connectivity index (χ3n) is 21.5. The zero-order valence-corrected chi connectivity index (χ0v) is 52.3. The molecule has 0 aromatic heterocycles. The lowest BCUT2D eigenvalue weighted by Crippen LogP contribution is -2.59. The van der Waals surface area contributed by atoms with Crippen molar-refractivity contribution in [2.24, 2.45) is 79.8 Å². The van der Waals surface area contributed by atoms with Crippen molar-refractivity contribution in [2.45, 2.75) is 179 Å². The van der Waals surface area contributed by atoms with Crippen molar-refractivity contribution in [1.82, 2.24) is 0 Å². The second-order valence-electron chi connectivity index (χ2n) is 25.0. The fourth-order valence-corrected chi connectivity index (χ4v) is 20.8. The summed E-state index contributed by atoms with van der Waals surface area (Å²) in [6.45, 7) is 28.6. The van der Waals surface area contributed by atoms with E-state index in [1.807, 2.05) is 19.9 Å². The third-order valence-corrected chi connectivity index (χ3v) is 26.2. The Bertz CT molecular complexity index is 2670. The number of fused-ring (bicyclic) bond motifs is 10. The van der Waals surface area contributed by atoms with E-state index in [4.69, 9.17) is 13.8 Å². The van der Waals surface area contributed by atoms with Crippen molar-refractivity contribution in [2.75, 3.05) is 39.1 Å². The molecule has 0 aromatic carbocycles. The van der Waals surface area contributed by atoms with Gasteiger partial charge >= 0.3 is 30.8 Å². The van der Waals surface area contributed by atoms with E-state index in [1.54, 1.807) is 32.1 Å². The molecule has 6 fully saturated rings. The summed E-state index contributed by atoms with van der Waals surface area (Å²) in [6, 6.07) is 0. The SMILES string of the molecule is CCC(=O)[C@@]1(C)[C@H](C)C[C@H]2[C@@H]3CCC4=CC(=O)C=C[C@]4(C)[C@H]3C(O)C[C@@]21C.CCOP(=O)(COC1C[C@@]2(C)[C@@H](C[C@@H](C)[C@]2(C)C(=O)CC)[C@@H]2CCC3=CC(=O)C=C[C@]3(C)[C@@H]12)OCC.CCOP(=O)(COS(=O)(=O)C(F)(F)F)OCC. The van der Waals surface area contributed by atoms with E-state index in [2.05, 4.69) is 80.8 Å². The largest absolute Gasteiger partial charge is 0.523 e. The molecule has 80 heavy (non-hydrogen) atoms. The van der Waals surface area contributed by atoms with Gasteiger partial charge in [-0.15, -0.1) is 0 Å². The van der Waals surface area contributed by atoms with Crippen molar-refractivity contribution >= 4 is 48.4 Å². The van der Waals surface area contributed by atoms with Gasteiger partial charge in [-0.25, -0.2) is 0 Å². The van der Waals surface area contributed by atoms with Crippen LogP contribution in [0.1, 0.15) is 161 Å². The normalized spacial score (nSPS) is 39.1. The first-order valence-corrected chi connectivity index (χ1v) is 33.9. The molecule has 0 spiro atoms. The minimum absolute atomic E-state index is 0.0480. The number of halogens is 3. The van der Waals surface area contributed by atoms with Crippen LogP contribution < -0.4 is 0 Å². The molecule has 2 unspecified atom stereocenters. The van der Waals surface area contributed by atoms with Gasteiger partial charge in [-0.05, 0) is 150 Å². The fraction of sp³-hybridized carbons (Fsp3) is 0.797. The van der Waals surface area contributed by atoms with Gasteiger partial charge in [0, 0.05) is 46.3 Å². The number of carbonyl (C=O) groups excluding carboxylic acids is 4. The first-order chi connectivity index (χ1) is 37.1. The van der Waals surface area contributed by atoms with Gasteiger partial charge < -0.3 is 27.9 Å². The Labute approximate surface area is 473 Å². The highest BCUT2D eigenvalue weighted by molar-refractivity contribution is 7.87. The number of carbonyl (C=O) groups is 4. The topological polar surface area (TPSA) is 212 Å². The zero-order valence-electron chi connectivity index (χ0n) is 49.7. The van der Waals surface area contributed by atoms with Crippen LogP contribution >= 0.6 is 15.2 Å². The van der Waals surface area contributed by atoms with Crippen LogP contribution in [-0.4, -0.2) is 93.5 Å². The monoisotopic (exact) mass is 1190 g/mol. The smallest absolute Gasteiger partial charge is 0.393 e. The van der Waals surface area contributed by atoms with Crippen LogP contribution in [0.15, 0.2) is 47.6 Å². The molecule has 8 aliphatic rings. The first kappa shape index (κ1) is 66.7. The summed E-state index contributed by atoms with van der Waals surface area (Å²) >= 11 is 0. The van der Waals surface area contributed by atoms with Crippen molar-refractivity contribution in [3.63, 3.8) is 0 Å². The van der Waals surface area contributed by atoms with Gasteiger partial charge in [-0.2, -0.15) is 21.6 Å². The standard InChI is InChI=1S/C29H45O6P.C24H34O3.C6H12F3O6PS/c1-8-25(31)29(7)19(4)15-23-22-12-11-20-16-21(30)13-14-27(20,5)26(22)24(17-28(23,29)6)33-18-36(32,34-9-2)35-10-3;1-6-20(27)24(5)14(2)11-18-17-8-7-15-12-16(25)9-10-22(15,3)21(17)19(26)13-23(18,24)4;1-3-13-16(10,14-4-2)5-15-17(11,12)6(7,8)9/h13-14,16,19,22-24,26H,8-12,15,17-18H2,1-7H3;9-10,12,14,17-19,21,26H,6-8,11,13H2,1-5H3;3-5H2,1-2H3/t19-,22+,23+,24?,26-,27+,28+,29-;14-,17+,18+,19?,21-,22+,23+,24-;/m11./s1. The first-order valence-electron chi connectivity index (χ1n) is 29.0. The Morgan fingerprint density at radius 1 is 0.650 bits per heavy atom. The number of allylic oxidation sites excluding steroid dienone is 8. The molecule has 21 heteroatoms. The maximum absolute atomic E-state index is 13.5. The molecule has 1 N–H and O–H groups in total. The highest BCUT2D eigenvalue weighted by Gasteiger charge is 2.70. The molecule has 0 saturated heterocycles. The molecule has 0 radical (unpaired) electrons. The van der Waals surface area contributed by atoms with E-state index in [1.165, 1.54) is 25.0 Å². The molecular weight excluding hydrogens is 1100 g/mol. The zero-order chi connectivity index (χ0) is 60.0. The molecule has 8 rings (SSSR count). The van der Waals surface area contributed by atoms with E-state index in [0.29, 0.717) is 66.8 Å². The Morgan fingerprint density at radius 3 is 1.44 bits per heavy atom. The van der Waals surface area contributed by atoms with Crippen LogP contribution in [0, 0.1) is 79.8 Å². The number of alkyl halides is 3. The molecular formula is C59H91F3O15P2S. The molecule has 15 nitrogen and oxygen atoms in total. The van der Waals surface area contributed by atoms with E-state index < -0.39 is 48.7 Å². The summed E-state index contributed by atoms with van der Waals surface area (Å²) in [5, 5.41) is 11.4. The summed E-state index contributed by atoms with van der Waals surface area (Å²) in [5.41, 5.74) is -4.90. The molecule has 16 atom stereocenters. The molecule has 454 valence electrons. The minimum atomic E-state index is -5.80. The highest BCUT2D eigenvalue weighted by atomic mass is 32.2.